The molecule has 6 heteroatoms. The zero-order valence-electron chi connectivity index (χ0n) is 10.8. The van der Waals surface area contributed by atoms with Gasteiger partial charge in [0.25, 0.3) is 0 Å². The number of rotatable bonds is 5. The largest absolute Gasteiger partial charge is 0.399 e. The van der Waals surface area contributed by atoms with Crippen molar-refractivity contribution < 1.29 is 8.42 Å². The summed E-state index contributed by atoms with van der Waals surface area (Å²) in [6.07, 6.45) is 0.753. The highest BCUT2D eigenvalue weighted by atomic mass is 79.9. The van der Waals surface area contributed by atoms with Gasteiger partial charge in [0.1, 0.15) is 0 Å². The number of hydrogen-bond acceptors (Lipinski definition) is 3. The number of benzene rings is 1. The maximum atomic E-state index is 12.3. The summed E-state index contributed by atoms with van der Waals surface area (Å²) in [7, 11) is -3.52. The maximum Gasteiger partial charge on any atom is 0.241 e. The van der Waals surface area contributed by atoms with Gasteiger partial charge in [-0.05, 0) is 46.5 Å². The summed E-state index contributed by atoms with van der Waals surface area (Å²) in [6.45, 7) is 5.95. The van der Waals surface area contributed by atoms with Gasteiger partial charge in [-0.2, -0.15) is 0 Å². The number of nitrogens with one attached hydrogen (secondary N) is 1. The van der Waals surface area contributed by atoms with Crippen LogP contribution in [0.4, 0.5) is 5.69 Å². The van der Waals surface area contributed by atoms with Crippen molar-refractivity contribution in [3.63, 3.8) is 0 Å². The summed E-state index contributed by atoms with van der Waals surface area (Å²) in [5.74, 6) is 0.248. The minimum Gasteiger partial charge on any atom is -0.399 e. The van der Waals surface area contributed by atoms with Gasteiger partial charge in [-0.1, -0.05) is 20.8 Å². The third kappa shape index (κ3) is 3.70. The molecule has 0 aliphatic heterocycles. The van der Waals surface area contributed by atoms with Gasteiger partial charge in [-0.3, -0.25) is 0 Å². The predicted octanol–water partition coefficient (Wildman–Crippen LogP) is 2.74. The van der Waals surface area contributed by atoms with E-state index in [2.05, 4.69) is 20.7 Å². The smallest absolute Gasteiger partial charge is 0.241 e. The lowest BCUT2D eigenvalue weighted by molar-refractivity contribution is 0.437. The zero-order chi connectivity index (χ0) is 13.9. The molecular weight excluding hydrogens is 316 g/mol. The second kappa shape index (κ2) is 6.04. The first kappa shape index (κ1) is 15.5. The van der Waals surface area contributed by atoms with Gasteiger partial charge < -0.3 is 5.73 Å². The van der Waals surface area contributed by atoms with E-state index < -0.39 is 10.0 Å². The average Bonchev–Trinajstić information content (AvgIpc) is 2.24. The zero-order valence-corrected chi connectivity index (χ0v) is 13.2. The summed E-state index contributed by atoms with van der Waals surface area (Å²) >= 11 is 3.23. The Morgan fingerprint density at radius 2 is 2.00 bits per heavy atom. The van der Waals surface area contributed by atoms with Crippen molar-refractivity contribution in [2.75, 3.05) is 5.73 Å². The Labute approximate surface area is 117 Å². The Hall–Kier alpha value is -0.590. The van der Waals surface area contributed by atoms with Crippen LogP contribution >= 0.6 is 15.9 Å². The molecule has 18 heavy (non-hydrogen) atoms. The van der Waals surface area contributed by atoms with E-state index in [0.717, 1.165) is 6.42 Å². The highest BCUT2D eigenvalue weighted by Gasteiger charge is 2.23. The maximum absolute atomic E-state index is 12.3. The van der Waals surface area contributed by atoms with Gasteiger partial charge in [-0.25, -0.2) is 13.1 Å². The van der Waals surface area contributed by atoms with E-state index in [1.165, 1.54) is 6.07 Å². The highest BCUT2D eigenvalue weighted by Crippen LogP contribution is 2.25. The lowest BCUT2D eigenvalue weighted by atomic mass is 10.0. The second-order valence-electron chi connectivity index (χ2n) is 4.57. The minimum absolute atomic E-state index is 0.0700. The summed E-state index contributed by atoms with van der Waals surface area (Å²) < 4.78 is 27.7. The fraction of sp³-hybridized carbons (Fsp3) is 0.500. The third-order valence-corrected chi connectivity index (χ3v) is 5.26. The number of nitrogen functional groups attached to an aromatic ring is 1. The van der Waals surface area contributed by atoms with E-state index in [1.807, 2.05) is 20.8 Å². The molecule has 1 atom stereocenters. The molecule has 1 rings (SSSR count). The molecule has 0 heterocycles. The summed E-state index contributed by atoms with van der Waals surface area (Å²) in [4.78, 5) is 0.218. The molecule has 0 amide bonds. The van der Waals surface area contributed by atoms with Crippen molar-refractivity contribution in [1.82, 2.24) is 4.72 Å². The number of nitrogens with two attached hydrogens (primary N) is 1. The van der Waals surface area contributed by atoms with Gasteiger partial charge in [0.05, 0.1) is 4.90 Å². The van der Waals surface area contributed by atoms with Crippen LogP contribution in [0.5, 0.6) is 0 Å². The van der Waals surface area contributed by atoms with Gasteiger partial charge in [0.2, 0.25) is 10.0 Å². The van der Waals surface area contributed by atoms with Crippen LogP contribution in [-0.4, -0.2) is 14.5 Å². The Bertz CT molecular complexity index is 515. The molecule has 1 aromatic rings. The highest BCUT2D eigenvalue weighted by molar-refractivity contribution is 9.10. The molecule has 0 spiro atoms. The van der Waals surface area contributed by atoms with Crippen LogP contribution in [0, 0.1) is 5.92 Å². The van der Waals surface area contributed by atoms with E-state index >= 15 is 0 Å². The molecule has 1 aromatic carbocycles. The molecule has 102 valence electrons. The molecule has 0 saturated carbocycles. The van der Waals surface area contributed by atoms with Crippen molar-refractivity contribution >= 4 is 31.6 Å². The van der Waals surface area contributed by atoms with Gasteiger partial charge in [-0.15, -0.1) is 0 Å². The Morgan fingerprint density at radius 1 is 1.39 bits per heavy atom. The lowest BCUT2D eigenvalue weighted by Crippen LogP contribution is -2.38. The van der Waals surface area contributed by atoms with Gasteiger partial charge in [0, 0.05) is 16.2 Å². The first-order valence-electron chi connectivity index (χ1n) is 5.85. The van der Waals surface area contributed by atoms with E-state index in [0.29, 0.717) is 10.2 Å². The van der Waals surface area contributed by atoms with Crippen LogP contribution < -0.4 is 10.5 Å². The first-order chi connectivity index (χ1) is 8.27. The van der Waals surface area contributed by atoms with E-state index in [1.54, 1.807) is 12.1 Å². The SMILES string of the molecule is CCC(NS(=O)(=O)c1ccc(N)cc1Br)C(C)C. The molecule has 0 bridgehead atoms. The molecule has 0 radical (unpaired) electrons. The summed E-state index contributed by atoms with van der Waals surface area (Å²) in [5, 5.41) is 0. The predicted molar refractivity (Wildman–Crippen MR) is 77.8 cm³/mol. The summed E-state index contributed by atoms with van der Waals surface area (Å²) in [6, 6.07) is 4.61. The van der Waals surface area contributed by atoms with Crippen molar-refractivity contribution in [2.24, 2.45) is 5.92 Å². The fourth-order valence-electron chi connectivity index (χ4n) is 1.69. The van der Waals surface area contributed by atoms with E-state index in [4.69, 9.17) is 5.73 Å². The average molecular weight is 335 g/mol. The number of sulfonamides is 1. The van der Waals surface area contributed by atoms with Crippen LogP contribution in [0.15, 0.2) is 27.6 Å². The normalized spacial score (nSPS) is 13.8. The topological polar surface area (TPSA) is 72.2 Å². The van der Waals surface area contributed by atoms with Crippen molar-refractivity contribution in [2.45, 2.75) is 38.1 Å². The molecule has 0 saturated heterocycles. The monoisotopic (exact) mass is 334 g/mol. The Balaban J connectivity index is 3.06. The van der Waals surface area contributed by atoms with Crippen LogP contribution in [0.2, 0.25) is 0 Å². The van der Waals surface area contributed by atoms with Crippen molar-refractivity contribution in [1.29, 1.82) is 0 Å². The van der Waals surface area contributed by atoms with E-state index in [-0.39, 0.29) is 16.9 Å². The number of hydrogen-bond donors (Lipinski definition) is 2. The molecular formula is C12H19BrN2O2S. The Morgan fingerprint density at radius 3 is 2.44 bits per heavy atom. The van der Waals surface area contributed by atoms with E-state index in [9.17, 15) is 8.42 Å². The molecule has 3 N–H and O–H groups in total. The van der Waals surface area contributed by atoms with Crippen molar-refractivity contribution in [3.05, 3.63) is 22.7 Å². The second-order valence-corrected chi connectivity index (χ2v) is 7.11. The molecule has 0 aliphatic rings. The fourth-order valence-corrected chi connectivity index (χ4v) is 4.25. The molecule has 0 aliphatic carbocycles. The molecule has 4 nitrogen and oxygen atoms in total. The van der Waals surface area contributed by atoms with Gasteiger partial charge >= 0.3 is 0 Å². The molecule has 0 aromatic heterocycles. The van der Waals surface area contributed by atoms with Crippen molar-refractivity contribution in [3.8, 4) is 0 Å². The standard InChI is InChI=1S/C12H19BrN2O2S/c1-4-11(8(2)3)15-18(16,17)12-6-5-9(14)7-10(12)13/h5-8,11,15H,4,14H2,1-3H3. The third-order valence-electron chi connectivity index (χ3n) is 2.80. The summed E-state index contributed by atoms with van der Waals surface area (Å²) in [5.41, 5.74) is 6.13. The quantitative estimate of drug-likeness (QED) is 0.813. The Kier molecular flexibility index (Phi) is 5.19. The van der Waals surface area contributed by atoms with Crippen LogP contribution in [0.3, 0.4) is 0 Å². The molecule has 1 unspecified atom stereocenters. The van der Waals surface area contributed by atoms with Crippen LogP contribution in [0.1, 0.15) is 27.2 Å². The minimum atomic E-state index is -3.52. The van der Waals surface area contributed by atoms with Crippen LogP contribution in [-0.2, 0) is 10.0 Å². The lowest BCUT2D eigenvalue weighted by Gasteiger charge is -2.21. The van der Waals surface area contributed by atoms with Crippen LogP contribution in [0.25, 0.3) is 0 Å². The molecule has 0 fully saturated rings. The number of halogens is 1. The number of anilines is 1. The van der Waals surface area contributed by atoms with Gasteiger partial charge in [0.15, 0.2) is 0 Å². The first-order valence-corrected chi connectivity index (χ1v) is 8.13.